The van der Waals surface area contributed by atoms with Crippen LogP contribution >= 0.6 is 11.3 Å². The summed E-state index contributed by atoms with van der Waals surface area (Å²) < 4.78 is 27.4. The maximum absolute atomic E-state index is 12.6. The molecule has 1 saturated carbocycles. The third-order valence-corrected chi connectivity index (χ3v) is 6.63. The van der Waals surface area contributed by atoms with Gasteiger partial charge in [-0.15, -0.1) is 11.3 Å². The number of hydrogen-bond acceptors (Lipinski definition) is 4. The van der Waals surface area contributed by atoms with E-state index in [-0.39, 0.29) is 0 Å². The van der Waals surface area contributed by atoms with Gasteiger partial charge in [0.15, 0.2) is 0 Å². The first-order chi connectivity index (χ1) is 9.07. The first kappa shape index (κ1) is 15.0. The molecule has 1 aliphatic rings. The van der Waals surface area contributed by atoms with Crippen molar-refractivity contribution >= 4 is 21.4 Å². The average molecular weight is 302 g/mol. The second kappa shape index (κ2) is 6.35. The highest BCUT2D eigenvalue weighted by Gasteiger charge is 2.31. The lowest BCUT2D eigenvalue weighted by atomic mass is 10.4. The topological polar surface area (TPSA) is 49.4 Å². The van der Waals surface area contributed by atoms with Crippen molar-refractivity contribution in [2.45, 2.75) is 36.9 Å². The molecule has 0 saturated heterocycles. The number of rotatable bonds is 8. The Hall–Kier alpha value is -0.430. The molecule has 108 valence electrons. The predicted octanol–water partition coefficient (Wildman–Crippen LogP) is 2.28. The van der Waals surface area contributed by atoms with Gasteiger partial charge >= 0.3 is 0 Å². The second-order valence-corrected chi connectivity index (χ2v) is 8.39. The number of sulfonamides is 1. The third-order valence-electron chi connectivity index (χ3n) is 3.21. The highest BCUT2D eigenvalue weighted by molar-refractivity contribution is 7.91. The zero-order chi connectivity index (χ0) is 13.9. The van der Waals surface area contributed by atoms with Crippen molar-refractivity contribution in [1.82, 2.24) is 9.62 Å². The highest BCUT2D eigenvalue weighted by Crippen LogP contribution is 2.33. The van der Waals surface area contributed by atoms with Crippen LogP contribution in [0.1, 0.15) is 31.1 Å². The minimum Gasteiger partial charge on any atom is -0.315 e. The van der Waals surface area contributed by atoms with E-state index in [9.17, 15) is 8.42 Å². The van der Waals surface area contributed by atoms with E-state index in [2.05, 4.69) is 5.32 Å². The fourth-order valence-corrected chi connectivity index (χ4v) is 5.17. The van der Waals surface area contributed by atoms with Crippen LogP contribution in [0.15, 0.2) is 16.3 Å². The van der Waals surface area contributed by atoms with E-state index in [1.807, 2.05) is 20.0 Å². The van der Waals surface area contributed by atoms with Crippen LogP contribution in [0.5, 0.6) is 0 Å². The lowest BCUT2D eigenvalue weighted by Crippen LogP contribution is -2.33. The number of nitrogens with one attached hydrogen (secondary N) is 1. The monoisotopic (exact) mass is 302 g/mol. The molecule has 0 bridgehead atoms. The number of thiophene rings is 1. The Kier molecular flexibility index (Phi) is 5.00. The molecule has 19 heavy (non-hydrogen) atoms. The molecule has 0 spiro atoms. The zero-order valence-corrected chi connectivity index (χ0v) is 13.2. The van der Waals surface area contributed by atoms with Crippen LogP contribution in [0, 0.1) is 5.92 Å². The Morgan fingerprint density at radius 2 is 2.16 bits per heavy atom. The van der Waals surface area contributed by atoms with E-state index in [4.69, 9.17) is 0 Å². The van der Waals surface area contributed by atoms with Gasteiger partial charge in [-0.2, -0.15) is 4.31 Å². The summed E-state index contributed by atoms with van der Waals surface area (Å²) in [4.78, 5) is 1.06. The van der Waals surface area contributed by atoms with Crippen LogP contribution in [0.4, 0.5) is 0 Å². The van der Waals surface area contributed by atoms with Crippen LogP contribution in [0.25, 0.3) is 0 Å². The molecule has 0 amide bonds. The molecular formula is C13H22N2O2S2. The molecule has 6 heteroatoms. The highest BCUT2D eigenvalue weighted by atomic mass is 32.2. The zero-order valence-electron chi connectivity index (χ0n) is 11.6. The van der Waals surface area contributed by atoms with Crippen LogP contribution in [-0.2, 0) is 16.6 Å². The van der Waals surface area contributed by atoms with E-state index >= 15 is 0 Å². The van der Waals surface area contributed by atoms with Gasteiger partial charge in [0.25, 0.3) is 10.0 Å². The normalized spacial score (nSPS) is 16.2. The Balaban J connectivity index is 2.16. The van der Waals surface area contributed by atoms with Crippen LogP contribution in [-0.4, -0.2) is 32.9 Å². The molecule has 1 aromatic heterocycles. The van der Waals surface area contributed by atoms with Gasteiger partial charge in [-0.05, 0) is 44.4 Å². The smallest absolute Gasteiger partial charge is 0.252 e. The van der Waals surface area contributed by atoms with Crippen LogP contribution in [0.2, 0.25) is 0 Å². The van der Waals surface area contributed by atoms with E-state index in [0.29, 0.717) is 23.2 Å². The number of hydrogen-bond donors (Lipinski definition) is 1. The SMILES string of the molecule is CCCN(CC1CC1)S(=O)(=O)c1ccc(CNC)s1. The summed E-state index contributed by atoms with van der Waals surface area (Å²) in [6.07, 6.45) is 3.21. The molecule has 0 radical (unpaired) electrons. The van der Waals surface area contributed by atoms with Crippen molar-refractivity contribution in [2.24, 2.45) is 5.92 Å². The Labute approximate surface area is 119 Å². The van der Waals surface area contributed by atoms with Gasteiger partial charge in [-0.3, -0.25) is 0 Å². The van der Waals surface area contributed by atoms with Gasteiger partial charge in [0.1, 0.15) is 4.21 Å². The minimum absolute atomic E-state index is 0.479. The van der Waals surface area contributed by atoms with Crippen LogP contribution < -0.4 is 5.32 Å². The first-order valence-electron chi connectivity index (χ1n) is 6.81. The van der Waals surface area contributed by atoms with Crippen LogP contribution in [0.3, 0.4) is 0 Å². The molecule has 0 atom stereocenters. The van der Waals surface area contributed by atoms with Gasteiger partial charge in [0, 0.05) is 24.5 Å². The lowest BCUT2D eigenvalue weighted by molar-refractivity contribution is 0.397. The van der Waals surface area contributed by atoms with E-state index in [1.165, 1.54) is 24.2 Å². The Bertz CT molecular complexity index is 506. The maximum atomic E-state index is 12.6. The van der Waals surface area contributed by atoms with Crippen molar-refractivity contribution in [3.8, 4) is 0 Å². The summed E-state index contributed by atoms with van der Waals surface area (Å²) in [5.74, 6) is 0.582. The average Bonchev–Trinajstić information content (AvgIpc) is 3.05. The molecule has 1 fully saturated rings. The van der Waals surface area contributed by atoms with Crippen molar-refractivity contribution in [1.29, 1.82) is 0 Å². The summed E-state index contributed by atoms with van der Waals surface area (Å²) in [6, 6.07) is 3.64. The molecule has 1 heterocycles. The predicted molar refractivity (Wildman–Crippen MR) is 78.9 cm³/mol. The summed E-state index contributed by atoms with van der Waals surface area (Å²) in [5.41, 5.74) is 0. The molecule has 1 aliphatic carbocycles. The van der Waals surface area contributed by atoms with Crippen molar-refractivity contribution in [3.05, 3.63) is 17.0 Å². The molecule has 2 rings (SSSR count). The summed E-state index contributed by atoms with van der Waals surface area (Å²) in [7, 11) is -1.43. The molecule has 1 aromatic rings. The van der Waals surface area contributed by atoms with Crippen molar-refractivity contribution in [3.63, 3.8) is 0 Å². The number of nitrogens with zero attached hydrogens (tertiary/aromatic N) is 1. The molecule has 1 N–H and O–H groups in total. The largest absolute Gasteiger partial charge is 0.315 e. The van der Waals surface area contributed by atoms with Crippen molar-refractivity contribution < 1.29 is 8.42 Å². The van der Waals surface area contributed by atoms with Gasteiger partial charge < -0.3 is 5.32 Å². The standard InChI is InChI=1S/C13H22N2O2S2/c1-3-8-15(10-11-4-5-11)19(16,17)13-7-6-12(18-13)9-14-2/h6-7,11,14H,3-5,8-10H2,1-2H3. The van der Waals surface area contributed by atoms with Gasteiger partial charge in [0.05, 0.1) is 0 Å². The summed E-state index contributed by atoms with van der Waals surface area (Å²) >= 11 is 1.37. The van der Waals surface area contributed by atoms with Gasteiger partial charge in [0.2, 0.25) is 0 Å². The molecule has 0 aliphatic heterocycles. The first-order valence-corrected chi connectivity index (χ1v) is 9.07. The molecule has 0 unspecified atom stereocenters. The Morgan fingerprint density at radius 3 is 2.74 bits per heavy atom. The van der Waals surface area contributed by atoms with Crippen molar-refractivity contribution in [2.75, 3.05) is 20.1 Å². The second-order valence-electron chi connectivity index (χ2n) is 5.06. The maximum Gasteiger partial charge on any atom is 0.252 e. The molecule has 4 nitrogen and oxygen atoms in total. The fourth-order valence-electron chi connectivity index (χ4n) is 2.04. The minimum atomic E-state index is -3.29. The summed E-state index contributed by atoms with van der Waals surface area (Å²) in [5, 5.41) is 3.05. The van der Waals surface area contributed by atoms with E-state index in [0.717, 1.165) is 17.8 Å². The van der Waals surface area contributed by atoms with Gasteiger partial charge in [-0.25, -0.2) is 8.42 Å². The fraction of sp³-hybridized carbons (Fsp3) is 0.692. The third kappa shape index (κ3) is 3.78. The van der Waals surface area contributed by atoms with Gasteiger partial charge in [-0.1, -0.05) is 6.92 Å². The quantitative estimate of drug-likeness (QED) is 0.801. The lowest BCUT2D eigenvalue weighted by Gasteiger charge is -2.20. The molecular weight excluding hydrogens is 280 g/mol. The molecule has 0 aromatic carbocycles. The Morgan fingerprint density at radius 1 is 1.42 bits per heavy atom. The summed E-state index contributed by atoms with van der Waals surface area (Å²) in [6.45, 7) is 4.06. The van der Waals surface area contributed by atoms with E-state index < -0.39 is 10.0 Å². The van der Waals surface area contributed by atoms with E-state index in [1.54, 1.807) is 10.4 Å².